The van der Waals surface area contributed by atoms with Gasteiger partial charge in [-0.1, -0.05) is 11.6 Å². The lowest BCUT2D eigenvalue weighted by Gasteiger charge is -2.39. The molecule has 0 saturated carbocycles. The van der Waals surface area contributed by atoms with E-state index in [1.54, 1.807) is 41.0 Å². The number of aromatic nitrogens is 2. The van der Waals surface area contributed by atoms with Gasteiger partial charge in [-0.05, 0) is 30.3 Å². The summed E-state index contributed by atoms with van der Waals surface area (Å²) in [6.45, 7) is 3.33. The van der Waals surface area contributed by atoms with Gasteiger partial charge in [0, 0.05) is 63.2 Å². The third kappa shape index (κ3) is 5.37. The van der Waals surface area contributed by atoms with Crippen LogP contribution in [0.25, 0.3) is 0 Å². The van der Waals surface area contributed by atoms with Gasteiger partial charge in [-0.2, -0.15) is 5.10 Å². The van der Waals surface area contributed by atoms with Gasteiger partial charge in [0.15, 0.2) is 0 Å². The van der Waals surface area contributed by atoms with Crippen LogP contribution in [0.15, 0.2) is 36.5 Å². The number of rotatable bonds is 5. The van der Waals surface area contributed by atoms with Crippen molar-refractivity contribution in [2.45, 2.75) is 18.9 Å². The molecule has 3 heterocycles. The van der Waals surface area contributed by atoms with Gasteiger partial charge in [-0.15, -0.1) is 0 Å². The number of likely N-dealkylation sites (tertiary alicyclic amines) is 1. The molecule has 2 fully saturated rings. The first-order valence-electron chi connectivity index (χ1n) is 10.6. The highest BCUT2D eigenvalue weighted by Crippen LogP contribution is 2.28. The molecule has 1 aromatic carbocycles. The van der Waals surface area contributed by atoms with Crippen molar-refractivity contribution >= 4 is 23.4 Å². The molecule has 2 aliphatic rings. The summed E-state index contributed by atoms with van der Waals surface area (Å²) < 4.78 is 13.2. The van der Waals surface area contributed by atoms with E-state index in [-0.39, 0.29) is 23.8 Å². The fourth-order valence-electron chi connectivity index (χ4n) is 4.09. The van der Waals surface area contributed by atoms with Crippen molar-refractivity contribution in [3.63, 3.8) is 0 Å². The molecule has 8 nitrogen and oxygen atoms in total. The Morgan fingerprint density at radius 2 is 1.87 bits per heavy atom. The monoisotopic (exact) mass is 446 g/mol. The van der Waals surface area contributed by atoms with Crippen LogP contribution in [0.3, 0.4) is 0 Å². The van der Waals surface area contributed by atoms with E-state index in [1.165, 1.54) is 0 Å². The van der Waals surface area contributed by atoms with Gasteiger partial charge in [0.1, 0.15) is 17.5 Å². The number of morpholine rings is 1. The van der Waals surface area contributed by atoms with Gasteiger partial charge >= 0.3 is 0 Å². The lowest BCUT2D eigenvalue weighted by molar-refractivity contribution is -0.137. The minimum absolute atomic E-state index is 0.0742. The van der Waals surface area contributed by atoms with Crippen molar-refractivity contribution in [3.05, 3.63) is 47.2 Å². The zero-order chi connectivity index (χ0) is 21.8. The maximum absolute atomic E-state index is 12.9. The van der Waals surface area contributed by atoms with Crippen LogP contribution >= 0.6 is 11.6 Å². The average Bonchev–Trinajstić information content (AvgIpc) is 3.22. The summed E-state index contributed by atoms with van der Waals surface area (Å²) in [5.74, 6) is 0.551. The van der Waals surface area contributed by atoms with Crippen LogP contribution < -0.4 is 4.74 Å². The molecule has 9 heteroatoms. The molecule has 1 aromatic heterocycles. The Morgan fingerprint density at radius 1 is 1.13 bits per heavy atom. The van der Waals surface area contributed by atoms with E-state index in [0.29, 0.717) is 68.7 Å². The van der Waals surface area contributed by atoms with E-state index in [0.717, 1.165) is 0 Å². The molecule has 0 bridgehead atoms. The van der Waals surface area contributed by atoms with Crippen molar-refractivity contribution in [1.82, 2.24) is 19.6 Å². The molecular formula is C22H27ClN4O4. The second-order valence-corrected chi connectivity index (χ2v) is 8.42. The van der Waals surface area contributed by atoms with E-state index in [1.807, 2.05) is 17.0 Å². The third-order valence-corrected chi connectivity index (χ3v) is 6.04. The Labute approximate surface area is 186 Å². The Balaban J connectivity index is 1.48. The number of benzene rings is 1. The number of piperidine rings is 1. The molecule has 2 amide bonds. The van der Waals surface area contributed by atoms with Gasteiger partial charge < -0.3 is 19.3 Å². The highest BCUT2D eigenvalue weighted by atomic mass is 35.5. The minimum Gasteiger partial charge on any atom is -0.490 e. The van der Waals surface area contributed by atoms with E-state index >= 15 is 0 Å². The number of carbonyl (C=O) groups excluding carboxylic acids is 2. The highest BCUT2D eigenvalue weighted by Gasteiger charge is 2.36. The molecule has 4 rings (SSSR count). The molecule has 0 unspecified atom stereocenters. The summed E-state index contributed by atoms with van der Waals surface area (Å²) in [4.78, 5) is 29.5. The highest BCUT2D eigenvalue weighted by molar-refractivity contribution is 6.30. The molecule has 0 spiro atoms. The Hall–Kier alpha value is -2.58. The molecule has 0 N–H and O–H groups in total. The first-order valence-corrected chi connectivity index (χ1v) is 10.9. The van der Waals surface area contributed by atoms with Crippen molar-refractivity contribution in [2.24, 2.45) is 13.0 Å². The van der Waals surface area contributed by atoms with Crippen LogP contribution in [-0.2, 0) is 16.6 Å². The van der Waals surface area contributed by atoms with Crippen molar-refractivity contribution in [2.75, 3.05) is 39.4 Å². The summed E-state index contributed by atoms with van der Waals surface area (Å²) in [7, 11) is 1.78. The molecule has 0 radical (unpaired) electrons. The maximum atomic E-state index is 12.9. The third-order valence-electron chi connectivity index (χ3n) is 5.79. The number of nitrogens with zero attached hydrogens (tertiary/aromatic N) is 4. The smallest absolute Gasteiger partial charge is 0.274 e. The number of aryl methyl sites for hydroxylation is 1. The first-order chi connectivity index (χ1) is 15.0. The number of hydrogen-bond donors (Lipinski definition) is 0. The zero-order valence-electron chi connectivity index (χ0n) is 17.6. The summed E-state index contributed by atoms with van der Waals surface area (Å²) in [6.07, 6.45) is 2.55. The Bertz CT molecular complexity index is 910. The normalized spacial score (nSPS) is 21.7. The SMILES string of the molecule is Cn1ccc(C(=O)N2CC[C@H](Oc3ccc(Cl)cc3)[C@@H](CC(=O)N3CCOCC3)C2)n1. The molecular weight excluding hydrogens is 420 g/mol. The predicted molar refractivity (Wildman–Crippen MR) is 115 cm³/mol. The quantitative estimate of drug-likeness (QED) is 0.704. The van der Waals surface area contributed by atoms with Gasteiger partial charge in [-0.25, -0.2) is 0 Å². The second kappa shape index (κ2) is 9.70. The summed E-state index contributed by atoms with van der Waals surface area (Å²) in [6, 6.07) is 8.94. The maximum Gasteiger partial charge on any atom is 0.274 e. The van der Waals surface area contributed by atoms with Crippen LogP contribution in [0.1, 0.15) is 23.3 Å². The van der Waals surface area contributed by atoms with Crippen LogP contribution in [0.4, 0.5) is 0 Å². The topological polar surface area (TPSA) is 76.9 Å². The molecule has 0 aliphatic carbocycles. The van der Waals surface area contributed by atoms with Crippen LogP contribution in [0.2, 0.25) is 5.02 Å². The Kier molecular flexibility index (Phi) is 6.77. The fraction of sp³-hybridized carbons (Fsp3) is 0.500. The number of amides is 2. The summed E-state index contributed by atoms with van der Waals surface area (Å²) >= 11 is 5.98. The van der Waals surface area contributed by atoms with E-state index in [9.17, 15) is 9.59 Å². The average molecular weight is 447 g/mol. The largest absolute Gasteiger partial charge is 0.490 e. The van der Waals surface area contributed by atoms with E-state index < -0.39 is 0 Å². The predicted octanol–water partition coefficient (Wildman–Crippen LogP) is 2.23. The van der Waals surface area contributed by atoms with Crippen LogP contribution in [0, 0.1) is 5.92 Å². The summed E-state index contributed by atoms with van der Waals surface area (Å²) in [5, 5.41) is 4.87. The van der Waals surface area contributed by atoms with Crippen molar-refractivity contribution < 1.29 is 19.1 Å². The minimum atomic E-state index is -0.168. The summed E-state index contributed by atoms with van der Waals surface area (Å²) in [5.41, 5.74) is 0.415. The van der Waals surface area contributed by atoms with Crippen molar-refractivity contribution in [1.29, 1.82) is 0 Å². The zero-order valence-corrected chi connectivity index (χ0v) is 18.3. The van der Waals surface area contributed by atoms with Gasteiger partial charge in [0.25, 0.3) is 5.91 Å². The second-order valence-electron chi connectivity index (χ2n) is 7.98. The van der Waals surface area contributed by atoms with Crippen LogP contribution in [0.5, 0.6) is 5.75 Å². The molecule has 2 saturated heterocycles. The lowest BCUT2D eigenvalue weighted by Crippen LogP contribution is -2.50. The van der Waals surface area contributed by atoms with E-state index in [2.05, 4.69) is 5.10 Å². The molecule has 2 aliphatic heterocycles. The number of hydrogen-bond acceptors (Lipinski definition) is 5. The molecule has 2 aromatic rings. The van der Waals surface area contributed by atoms with E-state index in [4.69, 9.17) is 21.1 Å². The van der Waals surface area contributed by atoms with Gasteiger partial charge in [0.2, 0.25) is 5.91 Å². The molecule has 2 atom stereocenters. The van der Waals surface area contributed by atoms with Crippen LogP contribution in [-0.4, -0.2) is 76.9 Å². The first kappa shape index (κ1) is 21.6. The van der Waals surface area contributed by atoms with Gasteiger partial charge in [0.05, 0.1) is 13.2 Å². The number of ether oxygens (including phenoxy) is 2. The van der Waals surface area contributed by atoms with Gasteiger partial charge in [-0.3, -0.25) is 14.3 Å². The number of halogens is 1. The Morgan fingerprint density at radius 3 is 2.55 bits per heavy atom. The number of carbonyl (C=O) groups is 2. The molecule has 31 heavy (non-hydrogen) atoms. The lowest BCUT2D eigenvalue weighted by atomic mass is 9.90. The van der Waals surface area contributed by atoms with Crippen molar-refractivity contribution in [3.8, 4) is 5.75 Å². The fourth-order valence-corrected chi connectivity index (χ4v) is 4.22. The standard InChI is InChI=1S/C22H27ClN4O4/c1-25-8-6-19(24-25)22(29)27-9-7-20(31-18-4-2-17(23)3-5-18)16(15-27)14-21(28)26-10-12-30-13-11-26/h2-6,8,16,20H,7,9-15H2,1H3/t16-,20-/m0/s1. The molecule has 166 valence electrons.